The van der Waals surface area contributed by atoms with Gasteiger partial charge in [0.2, 0.25) is 5.89 Å². The van der Waals surface area contributed by atoms with E-state index in [4.69, 9.17) is 14.9 Å². The summed E-state index contributed by atoms with van der Waals surface area (Å²) in [6.45, 7) is 1.76. The zero-order valence-electron chi connectivity index (χ0n) is 11.2. The SMILES string of the molecule is COC(=O)C1(N)CCCC1CCSc1nnc(C)o1. The third kappa shape index (κ3) is 3.09. The first-order valence-electron chi connectivity index (χ1n) is 6.36. The van der Waals surface area contributed by atoms with Crippen molar-refractivity contribution in [2.24, 2.45) is 11.7 Å². The van der Waals surface area contributed by atoms with Gasteiger partial charge >= 0.3 is 5.97 Å². The third-order valence-electron chi connectivity index (χ3n) is 3.64. The van der Waals surface area contributed by atoms with Gasteiger partial charge in [0.25, 0.3) is 5.22 Å². The fourth-order valence-corrected chi connectivity index (χ4v) is 3.44. The Morgan fingerprint density at radius 2 is 2.42 bits per heavy atom. The lowest BCUT2D eigenvalue weighted by atomic mass is 9.86. The molecule has 1 heterocycles. The van der Waals surface area contributed by atoms with Crippen molar-refractivity contribution in [3.05, 3.63) is 5.89 Å². The molecule has 2 atom stereocenters. The Kier molecular flexibility index (Phi) is 4.46. The lowest BCUT2D eigenvalue weighted by Crippen LogP contribution is -2.51. The maximum Gasteiger partial charge on any atom is 0.326 e. The Bertz CT molecular complexity index is 451. The maximum absolute atomic E-state index is 11.8. The van der Waals surface area contributed by atoms with Crippen molar-refractivity contribution in [1.29, 1.82) is 0 Å². The number of hydrogen-bond donors (Lipinski definition) is 1. The van der Waals surface area contributed by atoms with Gasteiger partial charge in [0.05, 0.1) is 7.11 Å². The second-order valence-electron chi connectivity index (χ2n) is 4.85. The predicted octanol–water partition coefficient (Wildman–Crippen LogP) is 1.53. The van der Waals surface area contributed by atoms with Gasteiger partial charge in [0, 0.05) is 12.7 Å². The van der Waals surface area contributed by atoms with Gasteiger partial charge in [-0.1, -0.05) is 18.2 Å². The zero-order valence-corrected chi connectivity index (χ0v) is 12.0. The molecule has 1 aromatic heterocycles. The number of thioether (sulfide) groups is 1. The molecule has 1 saturated carbocycles. The van der Waals surface area contributed by atoms with Crippen LogP contribution in [0.1, 0.15) is 31.6 Å². The molecular weight excluding hydrogens is 266 g/mol. The number of aryl methyl sites for hydroxylation is 1. The monoisotopic (exact) mass is 285 g/mol. The van der Waals surface area contributed by atoms with Gasteiger partial charge in [-0.3, -0.25) is 4.79 Å². The minimum atomic E-state index is -0.819. The van der Waals surface area contributed by atoms with Crippen molar-refractivity contribution in [3.63, 3.8) is 0 Å². The number of methoxy groups -OCH3 is 1. The second-order valence-corrected chi connectivity index (χ2v) is 5.89. The largest absolute Gasteiger partial charge is 0.468 e. The fourth-order valence-electron chi connectivity index (χ4n) is 2.59. The van der Waals surface area contributed by atoms with E-state index >= 15 is 0 Å². The van der Waals surface area contributed by atoms with Crippen molar-refractivity contribution in [3.8, 4) is 0 Å². The first-order chi connectivity index (χ1) is 9.06. The highest BCUT2D eigenvalue weighted by molar-refractivity contribution is 7.99. The van der Waals surface area contributed by atoms with Gasteiger partial charge < -0.3 is 14.9 Å². The summed E-state index contributed by atoms with van der Waals surface area (Å²) < 4.78 is 10.1. The minimum Gasteiger partial charge on any atom is -0.468 e. The van der Waals surface area contributed by atoms with Crippen molar-refractivity contribution in [1.82, 2.24) is 10.2 Å². The van der Waals surface area contributed by atoms with E-state index in [9.17, 15) is 4.79 Å². The minimum absolute atomic E-state index is 0.163. The highest BCUT2D eigenvalue weighted by Crippen LogP contribution is 2.38. The molecule has 106 valence electrons. The van der Waals surface area contributed by atoms with E-state index in [1.54, 1.807) is 6.92 Å². The van der Waals surface area contributed by atoms with Crippen LogP contribution >= 0.6 is 11.8 Å². The molecule has 0 aromatic carbocycles. The van der Waals surface area contributed by atoms with E-state index in [2.05, 4.69) is 10.2 Å². The molecule has 2 unspecified atom stereocenters. The van der Waals surface area contributed by atoms with E-state index in [0.29, 0.717) is 17.5 Å². The number of ether oxygens (including phenoxy) is 1. The maximum atomic E-state index is 11.8. The predicted molar refractivity (Wildman–Crippen MR) is 70.7 cm³/mol. The average molecular weight is 285 g/mol. The van der Waals surface area contributed by atoms with Gasteiger partial charge in [-0.2, -0.15) is 0 Å². The topological polar surface area (TPSA) is 91.2 Å². The second kappa shape index (κ2) is 5.92. The molecule has 0 amide bonds. The Hall–Kier alpha value is -1.08. The van der Waals surface area contributed by atoms with Gasteiger partial charge in [0.15, 0.2) is 0 Å². The number of nitrogens with zero attached hydrogens (tertiary/aromatic N) is 2. The number of carbonyl (C=O) groups is 1. The van der Waals surface area contributed by atoms with E-state index in [1.807, 2.05) is 0 Å². The number of rotatable bonds is 5. The van der Waals surface area contributed by atoms with Gasteiger partial charge in [0.1, 0.15) is 5.54 Å². The Balaban J connectivity index is 1.86. The van der Waals surface area contributed by atoms with E-state index < -0.39 is 5.54 Å². The average Bonchev–Trinajstić information content (AvgIpc) is 2.97. The molecule has 1 aromatic rings. The van der Waals surface area contributed by atoms with Crippen LogP contribution in [0.3, 0.4) is 0 Å². The first kappa shape index (κ1) is 14.3. The van der Waals surface area contributed by atoms with Crippen LogP contribution in [-0.4, -0.2) is 34.6 Å². The first-order valence-corrected chi connectivity index (χ1v) is 7.35. The summed E-state index contributed by atoms with van der Waals surface area (Å²) in [4.78, 5) is 11.8. The normalized spacial score (nSPS) is 26.6. The molecule has 0 aliphatic heterocycles. The van der Waals surface area contributed by atoms with Crippen LogP contribution in [0.5, 0.6) is 0 Å². The molecule has 2 rings (SSSR count). The number of aromatic nitrogens is 2. The van der Waals surface area contributed by atoms with Gasteiger partial charge in [-0.15, -0.1) is 10.2 Å². The van der Waals surface area contributed by atoms with Crippen LogP contribution in [0.15, 0.2) is 9.64 Å². The molecule has 2 N–H and O–H groups in total. The molecule has 6 nitrogen and oxygen atoms in total. The fraction of sp³-hybridized carbons (Fsp3) is 0.750. The molecule has 19 heavy (non-hydrogen) atoms. The van der Waals surface area contributed by atoms with Crippen LogP contribution in [-0.2, 0) is 9.53 Å². The summed E-state index contributed by atoms with van der Waals surface area (Å²) in [6, 6.07) is 0. The van der Waals surface area contributed by atoms with Crippen molar-refractivity contribution >= 4 is 17.7 Å². The Morgan fingerprint density at radius 1 is 1.63 bits per heavy atom. The molecule has 0 saturated heterocycles. The van der Waals surface area contributed by atoms with Crippen LogP contribution in [0.4, 0.5) is 0 Å². The molecule has 1 aliphatic rings. The Labute approximate surface area is 116 Å². The molecule has 7 heteroatoms. The number of hydrogen-bond acceptors (Lipinski definition) is 7. The summed E-state index contributed by atoms with van der Waals surface area (Å²) in [5.74, 6) is 1.23. The summed E-state index contributed by atoms with van der Waals surface area (Å²) in [7, 11) is 1.39. The van der Waals surface area contributed by atoms with Crippen molar-refractivity contribution in [2.75, 3.05) is 12.9 Å². The zero-order chi connectivity index (χ0) is 13.9. The van der Waals surface area contributed by atoms with E-state index in [1.165, 1.54) is 18.9 Å². The molecule has 1 fully saturated rings. The third-order valence-corrected chi connectivity index (χ3v) is 4.49. The van der Waals surface area contributed by atoms with Gasteiger partial charge in [-0.25, -0.2) is 0 Å². The molecular formula is C12H19N3O3S. The van der Waals surface area contributed by atoms with Crippen LogP contribution in [0.25, 0.3) is 0 Å². The molecule has 0 bridgehead atoms. The van der Waals surface area contributed by atoms with Crippen molar-refractivity contribution in [2.45, 2.75) is 43.4 Å². The standard InChI is InChI=1S/C12H19N3O3S/c1-8-14-15-11(18-8)19-7-5-9-4-3-6-12(9,13)10(16)17-2/h9H,3-7,13H2,1-2H3. The Morgan fingerprint density at radius 3 is 3.05 bits per heavy atom. The lowest BCUT2D eigenvalue weighted by molar-refractivity contribution is -0.148. The number of carbonyl (C=O) groups excluding carboxylic acids is 1. The summed E-state index contributed by atoms with van der Waals surface area (Å²) in [6.07, 6.45) is 3.49. The van der Waals surface area contributed by atoms with Crippen LogP contribution in [0, 0.1) is 12.8 Å². The molecule has 0 spiro atoms. The molecule has 0 radical (unpaired) electrons. The summed E-state index contributed by atoms with van der Waals surface area (Å²) in [5, 5.41) is 8.26. The number of nitrogens with two attached hydrogens (primary N) is 1. The molecule has 1 aliphatic carbocycles. The summed E-state index contributed by atoms with van der Waals surface area (Å²) in [5.41, 5.74) is 5.39. The highest BCUT2D eigenvalue weighted by Gasteiger charge is 2.46. The van der Waals surface area contributed by atoms with Crippen molar-refractivity contribution < 1.29 is 13.9 Å². The van der Waals surface area contributed by atoms with Crippen LogP contribution < -0.4 is 5.73 Å². The quantitative estimate of drug-likeness (QED) is 0.648. The number of esters is 1. The highest BCUT2D eigenvalue weighted by atomic mass is 32.2. The smallest absolute Gasteiger partial charge is 0.326 e. The van der Waals surface area contributed by atoms with E-state index in [-0.39, 0.29) is 11.9 Å². The summed E-state index contributed by atoms with van der Waals surface area (Å²) >= 11 is 1.50. The van der Waals surface area contributed by atoms with E-state index in [0.717, 1.165) is 25.0 Å². The van der Waals surface area contributed by atoms with Gasteiger partial charge in [-0.05, 0) is 25.2 Å². The van der Waals surface area contributed by atoms with Crippen LogP contribution in [0.2, 0.25) is 0 Å². The lowest BCUT2D eigenvalue weighted by Gasteiger charge is -2.28.